The number of hydrogen-bond acceptors (Lipinski definition) is 4. The fourth-order valence-corrected chi connectivity index (χ4v) is 10.7. The average Bonchev–Trinajstić information content (AvgIpc) is 2.83. The van der Waals surface area contributed by atoms with Gasteiger partial charge in [-0.3, -0.25) is 9.59 Å². The van der Waals surface area contributed by atoms with E-state index in [-0.39, 0.29) is 22.6 Å². The standard InChI is InChI=1S/C30H38N4O2S2/c35-25(29-11-17-5-18(12-29)7-19(6-17)13-29)33-27(37)31-23-3-1-2-4-24(23)32-28(38)34-26(36)30-14-20-8-21(15-30)10-22(9-20)16-30/h1-4,17-22H,5-16H2,(H2,31,33,35,37)(H2,32,34,36,38). The molecule has 8 bridgehead atoms. The highest BCUT2D eigenvalue weighted by atomic mass is 32.1. The molecule has 0 atom stereocenters. The lowest BCUT2D eigenvalue weighted by molar-refractivity contribution is -0.145. The van der Waals surface area contributed by atoms with E-state index in [9.17, 15) is 9.59 Å². The van der Waals surface area contributed by atoms with Gasteiger partial charge in [-0.05, 0) is 149 Å². The number of benzene rings is 1. The molecule has 8 aliphatic carbocycles. The molecule has 4 N–H and O–H groups in total. The summed E-state index contributed by atoms with van der Waals surface area (Å²) in [4.78, 5) is 26.8. The first kappa shape index (κ1) is 24.9. The van der Waals surface area contributed by atoms with Crippen molar-refractivity contribution in [3.63, 3.8) is 0 Å². The van der Waals surface area contributed by atoms with E-state index in [1.807, 2.05) is 24.3 Å². The molecule has 202 valence electrons. The van der Waals surface area contributed by atoms with Gasteiger partial charge in [0.05, 0.1) is 22.2 Å². The lowest BCUT2D eigenvalue weighted by atomic mass is 9.49. The third-order valence-electron chi connectivity index (χ3n) is 10.9. The van der Waals surface area contributed by atoms with Crippen molar-refractivity contribution in [1.29, 1.82) is 0 Å². The van der Waals surface area contributed by atoms with Crippen molar-refractivity contribution in [1.82, 2.24) is 10.6 Å². The summed E-state index contributed by atoms with van der Waals surface area (Å²) in [6.45, 7) is 0. The molecule has 8 heteroatoms. The second-order valence-electron chi connectivity index (χ2n) is 13.8. The Kier molecular flexibility index (Phi) is 6.08. The minimum atomic E-state index is -0.249. The smallest absolute Gasteiger partial charge is 0.232 e. The van der Waals surface area contributed by atoms with Gasteiger partial charge in [-0.1, -0.05) is 12.1 Å². The van der Waals surface area contributed by atoms with E-state index in [2.05, 4.69) is 21.3 Å². The van der Waals surface area contributed by atoms with Crippen molar-refractivity contribution in [2.45, 2.75) is 77.0 Å². The molecule has 8 saturated carbocycles. The Morgan fingerprint density at radius 2 is 0.868 bits per heavy atom. The van der Waals surface area contributed by atoms with Crippen LogP contribution in [0.4, 0.5) is 11.4 Å². The summed E-state index contributed by atoms with van der Waals surface area (Å²) in [6, 6.07) is 7.62. The molecule has 0 radical (unpaired) electrons. The Bertz CT molecular complexity index is 1030. The molecule has 0 aromatic heterocycles. The predicted molar refractivity (Wildman–Crippen MR) is 156 cm³/mol. The Labute approximate surface area is 235 Å². The number of carbonyl (C=O) groups is 2. The van der Waals surface area contributed by atoms with Gasteiger partial charge in [0.1, 0.15) is 0 Å². The van der Waals surface area contributed by atoms with Crippen molar-refractivity contribution >= 4 is 57.8 Å². The molecule has 38 heavy (non-hydrogen) atoms. The van der Waals surface area contributed by atoms with Crippen molar-refractivity contribution in [2.75, 3.05) is 10.6 Å². The largest absolute Gasteiger partial charge is 0.331 e. The van der Waals surface area contributed by atoms with Crippen molar-refractivity contribution in [3.8, 4) is 0 Å². The van der Waals surface area contributed by atoms with Gasteiger partial charge < -0.3 is 21.3 Å². The first-order valence-electron chi connectivity index (χ1n) is 14.6. The van der Waals surface area contributed by atoms with Crippen LogP contribution >= 0.6 is 24.4 Å². The SMILES string of the molecule is O=C(NC(=S)Nc1ccccc1NC(=S)NC(=O)C12CC3CC(CC(C3)C1)C2)C12CC3CC(CC(C3)C1)C2. The number of rotatable bonds is 4. The van der Waals surface area contributed by atoms with Crippen LogP contribution in [0, 0.1) is 46.3 Å². The molecule has 8 aliphatic rings. The van der Waals surface area contributed by atoms with E-state index in [1.54, 1.807) is 0 Å². The topological polar surface area (TPSA) is 82.3 Å². The summed E-state index contributed by atoms with van der Waals surface area (Å²) < 4.78 is 0. The van der Waals surface area contributed by atoms with E-state index < -0.39 is 0 Å². The summed E-state index contributed by atoms with van der Waals surface area (Å²) in [5.41, 5.74) is 0.937. The summed E-state index contributed by atoms with van der Waals surface area (Å²) in [6.07, 6.45) is 13.8. The Morgan fingerprint density at radius 1 is 0.579 bits per heavy atom. The van der Waals surface area contributed by atoms with Gasteiger partial charge in [0.15, 0.2) is 10.2 Å². The summed E-state index contributed by atoms with van der Waals surface area (Å²) in [5.74, 6) is 4.37. The van der Waals surface area contributed by atoms with E-state index in [0.29, 0.717) is 45.7 Å². The third-order valence-corrected chi connectivity index (χ3v) is 11.3. The zero-order valence-corrected chi connectivity index (χ0v) is 23.5. The quantitative estimate of drug-likeness (QED) is 0.358. The van der Waals surface area contributed by atoms with Crippen LogP contribution in [0.2, 0.25) is 0 Å². The highest BCUT2D eigenvalue weighted by molar-refractivity contribution is 7.80. The van der Waals surface area contributed by atoms with Gasteiger partial charge in [-0.25, -0.2) is 0 Å². The van der Waals surface area contributed by atoms with Gasteiger partial charge >= 0.3 is 0 Å². The fraction of sp³-hybridized carbons (Fsp3) is 0.667. The molecule has 1 aromatic carbocycles. The van der Waals surface area contributed by atoms with Crippen LogP contribution in [0.15, 0.2) is 24.3 Å². The van der Waals surface area contributed by atoms with Crippen LogP contribution in [-0.2, 0) is 9.59 Å². The zero-order valence-electron chi connectivity index (χ0n) is 21.9. The minimum Gasteiger partial charge on any atom is -0.331 e. The molecular weight excluding hydrogens is 512 g/mol. The summed E-state index contributed by atoms with van der Waals surface area (Å²) in [5, 5.41) is 13.1. The molecule has 1 aromatic rings. The number of thiocarbonyl (C=S) groups is 2. The van der Waals surface area contributed by atoms with Crippen LogP contribution in [0.5, 0.6) is 0 Å². The van der Waals surface area contributed by atoms with Crippen LogP contribution in [0.1, 0.15) is 77.0 Å². The van der Waals surface area contributed by atoms with Gasteiger partial charge in [-0.2, -0.15) is 0 Å². The van der Waals surface area contributed by atoms with Crippen molar-refractivity contribution in [2.24, 2.45) is 46.3 Å². The molecule has 0 saturated heterocycles. The monoisotopic (exact) mass is 550 g/mol. The van der Waals surface area contributed by atoms with Crippen LogP contribution in [0.3, 0.4) is 0 Å². The molecule has 6 nitrogen and oxygen atoms in total. The summed E-state index contributed by atoms with van der Waals surface area (Å²) in [7, 11) is 0. The van der Waals surface area contributed by atoms with E-state index >= 15 is 0 Å². The third kappa shape index (κ3) is 4.45. The highest BCUT2D eigenvalue weighted by Crippen LogP contribution is 2.61. The first-order valence-corrected chi connectivity index (χ1v) is 15.4. The number of amides is 2. The normalized spacial score (nSPS) is 39.5. The van der Waals surface area contributed by atoms with Gasteiger partial charge in [0, 0.05) is 0 Å². The molecule has 9 rings (SSSR count). The number of carbonyl (C=O) groups excluding carboxylic acids is 2. The molecule has 0 spiro atoms. The summed E-state index contributed by atoms with van der Waals surface area (Å²) >= 11 is 11.2. The molecular formula is C30H38N4O2S2. The number of anilines is 2. The Balaban J connectivity index is 0.974. The molecule has 8 fully saturated rings. The van der Waals surface area contributed by atoms with E-state index in [1.165, 1.54) is 38.5 Å². The fourth-order valence-electron chi connectivity index (χ4n) is 10.3. The first-order chi connectivity index (χ1) is 18.3. The zero-order chi connectivity index (χ0) is 26.1. The van der Waals surface area contributed by atoms with Crippen molar-refractivity contribution < 1.29 is 9.59 Å². The Morgan fingerprint density at radius 3 is 1.16 bits per heavy atom. The van der Waals surface area contributed by atoms with Crippen LogP contribution < -0.4 is 21.3 Å². The second kappa shape index (κ2) is 9.26. The average molecular weight is 551 g/mol. The van der Waals surface area contributed by atoms with Crippen LogP contribution in [0.25, 0.3) is 0 Å². The van der Waals surface area contributed by atoms with Crippen LogP contribution in [-0.4, -0.2) is 22.0 Å². The highest BCUT2D eigenvalue weighted by Gasteiger charge is 2.55. The lowest BCUT2D eigenvalue weighted by Gasteiger charge is -2.55. The lowest BCUT2D eigenvalue weighted by Crippen LogP contribution is -2.55. The van der Waals surface area contributed by atoms with E-state index in [0.717, 1.165) is 49.9 Å². The van der Waals surface area contributed by atoms with Gasteiger partial charge in [0.25, 0.3) is 0 Å². The number of nitrogens with one attached hydrogen (secondary N) is 4. The van der Waals surface area contributed by atoms with Gasteiger partial charge in [-0.15, -0.1) is 0 Å². The Hall–Kier alpha value is -2.06. The van der Waals surface area contributed by atoms with Gasteiger partial charge in [0.2, 0.25) is 11.8 Å². The minimum absolute atomic E-state index is 0.0814. The molecule has 2 amide bonds. The molecule has 0 heterocycles. The second-order valence-corrected chi connectivity index (χ2v) is 14.6. The maximum atomic E-state index is 13.4. The number of para-hydroxylation sites is 2. The van der Waals surface area contributed by atoms with E-state index in [4.69, 9.17) is 24.4 Å². The van der Waals surface area contributed by atoms with Crippen molar-refractivity contribution in [3.05, 3.63) is 24.3 Å². The predicted octanol–water partition coefficient (Wildman–Crippen LogP) is 5.75. The molecule has 0 unspecified atom stereocenters. The maximum Gasteiger partial charge on any atom is 0.232 e. The number of hydrogen-bond donors (Lipinski definition) is 4. The maximum absolute atomic E-state index is 13.4. The molecule has 0 aliphatic heterocycles.